The summed E-state index contributed by atoms with van der Waals surface area (Å²) in [6, 6.07) is 10.3. The molecule has 1 aliphatic rings. The molecule has 1 aromatic heterocycles. The number of benzene rings is 1. The van der Waals surface area contributed by atoms with Crippen LogP contribution in [0.1, 0.15) is 0 Å². The van der Waals surface area contributed by atoms with Crippen molar-refractivity contribution in [3.05, 3.63) is 47.4 Å². The summed E-state index contributed by atoms with van der Waals surface area (Å²) in [6.45, 7) is 2.96. The number of nitrogens with zero attached hydrogens (tertiary/aromatic N) is 3. The Bertz CT molecular complexity index is 621. The van der Waals surface area contributed by atoms with Crippen molar-refractivity contribution in [2.45, 2.75) is 0 Å². The molecule has 1 fully saturated rings. The first kappa shape index (κ1) is 13.9. The number of rotatable bonds is 2. The molecule has 2 aromatic rings. The van der Waals surface area contributed by atoms with Crippen molar-refractivity contribution in [2.24, 2.45) is 0 Å². The zero-order chi connectivity index (χ0) is 14.8. The number of nitrogens with two attached hydrogens (primary N) is 1. The number of hydrogen-bond donors (Lipinski definition) is 1. The minimum atomic E-state index is -0.184. The van der Waals surface area contributed by atoms with Gasteiger partial charge in [0, 0.05) is 37.9 Å². The largest absolute Gasteiger partial charge is 0.399 e. The average molecular weight is 307 g/mol. The Morgan fingerprint density at radius 1 is 1.05 bits per heavy atom. The van der Waals surface area contributed by atoms with Gasteiger partial charge in [0.1, 0.15) is 16.8 Å². The molecule has 0 unspecified atom stereocenters. The molecule has 0 spiro atoms. The van der Waals surface area contributed by atoms with Crippen LogP contribution >= 0.6 is 11.6 Å². The van der Waals surface area contributed by atoms with Gasteiger partial charge in [0.15, 0.2) is 0 Å². The zero-order valence-corrected chi connectivity index (χ0v) is 12.2. The number of hydrogen-bond acceptors (Lipinski definition) is 4. The second-order valence-corrected chi connectivity index (χ2v) is 5.39. The van der Waals surface area contributed by atoms with Crippen LogP contribution in [-0.4, -0.2) is 31.2 Å². The van der Waals surface area contributed by atoms with E-state index in [4.69, 9.17) is 17.3 Å². The summed E-state index contributed by atoms with van der Waals surface area (Å²) in [7, 11) is 0. The number of halogens is 2. The number of piperazine rings is 1. The maximum absolute atomic E-state index is 13.8. The SMILES string of the molecule is Nc1cc(Cl)nc(N2CCN(c3ccccc3F)CC2)c1. The van der Waals surface area contributed by atoms with Crippen LogP contribution in [0.2, 0.25) is 5.15 Å². The molecule has 0 aliphatic carbocycles. The van der Waals surface area contributed by atoms with E-state index < -0.39 is 0 Å². The molecule has 0 radical (unpaired) electrons. The highest BCUT2D eigenvalue weighted by molar-refractivity contribution is 6.29. The van der Waals surface area contributed by atoms with Gasteiger partial charge in [-0.15, -0.1) is 0 Å². The van der Waals surface area contributed by atoms with E-state index in [1.165, 1.54) is 6.07 Å². The Morgan fingerprint density at radius 3 is 2.38 bits per heavy atom. The van der Waals surface area contributed by atoms with Crippen molar-refractivity contribution in [3.8, 4) is 0 Å². The maximum atomic E-state index is 13.8. The van der Waals surface area contributed by atoms with E-state index in [1.54, 1.807) is 18.2 Å². The van der Waals surface area contributed by atoms with Crippen molar-refractivity contribution in [2.75, 3.05) is 41.7 Å². The van der Waals surface area contributed by atoms with Gasteiger partial charge < -0.3 is 15.5 Å². The molecule has 2 heterocycles. The Labute approximate surface area is 127 Å². The van der Waals surface area contributed by atoms with Gasteiger partial charge in [-0.25, -0.2) is 9.37 Å². The second-order valence-electron chi connectivity index (χ2n) is 5.01. The third-order valence-electron chi connectivity index (χ3n) is 3.60. The lowest BCUT2D eigenvalue weighted by Gasteiger charge is -2.36. The number of nitrogen functional groups attached to an aromatic ring is 1. The Hall–Kier alpha value is -2.01. The molecule has 6 heteroatoms. The molecule has 110 valence electrons. The summed E-state index contributed by atoms with van der Waals surface area (Å²) in [5.41, 5.74) is 7.04. The first-order chi connectivity index (χ1) is 10.1. The summed E-state index contributed by atoms with van der Waals surface area (Å²) in [4.78, 5) is 8.44. The van der Waals surface area contributed by atoms with E-state index >= 15 is 0 Å². The van der Waals surface area contributed by atoms with Crippen LogP contribution in [-0.2, 0) is 0 Å². The summed E-state index contributed by atoms with van der Waals surface area (Å²) < 4.78 is 13.8. The minimum Gasteiger partial charge on any atom is -0.399 e. The van der Waals surface area contributed by atoms with Crippen molar-refractivity contribution in [1.29, 1.82) is 0 Å². The van der Waals surface area contributed by atoms with Gasteiger partial charge in [-0.05, 0) is 18.2 Å². The smallest absolute Gasteiger partial charge is 0.146 e. The summed E-state index contributed by atoms with van der Waals surface area (Å²) in [5.74, 6) is 0.587. The van der Waals surface area contributed by atoms with Gasteiger partial charge in [0.2, 0.25) is 0 Å². The molecule has 1 aliphatic heterocycles. The van der Waals surface area contributed by atoms with Gasteiger partial charge in [0.05, 0.1) is 5.69 Å². The molecule has 0 bridgehead atoms. The Kier molecular flexibility index (Phi) is 3.84. The maximum Gasteiger partial charge on any atom is 0.146 e. The molecular weight excluding hydrogens is 291 g/mol. The molecule has 0 saturated carbocycles. The van der Waals surface area contributed by atoms with E-state index in [0.717, 1.165) is 32.0 Å². The van der Waals surface area contributed by atoms with Crippen LogP contribution in [0.3, 0.4) is 0 Å². The molecule has 2 N–H and O–H groups in total. The number of para-hydroxylation sites is 1. The van der Waals surface area contributed by atoms with E-state index in [1.807, 2.05) is 17.0 Å². The molecule has 4 nitrogen and oxygen atoms in total. The highest BCUT2D eigenvalue weighted by Crippen LogP contribution is 2.24. The van der Waals surface area contributed by atoms with Gasteiger partial charge in [-0.3, -0.25) is 0 Å². The quantitative estimate of drug-likeness (QED) is 0.867. The highest BCUT2D eigenvalue weighted by Gasteiger charge is 2.20. The standard InChI is InChI=1S/C15H16ClFN4/c16-14-9-11(18)10-15(19-14)21-7-5-20(6-8-21)13-4-2-1-3-12(13)17/h1-4,9-10H,5-8H2,(H2,18,19). The molecule has 21 heavy (non-hydrogen) atoms. The van der Waals surface area contributed by atoms with E-state index in [9.17, 15) is 4.39 Å². The number of aromatic nitrogens is 1. The normalized spacial score (nSPS) is 15.3. The fraction of sp³-hybridized carbons (Fsp3) is 0.267. The van der Waals surface area contributed by atoms with Crippen LogP contribution in [0.5, 0.6) is 0 Å². The van der Waals surface area contributed by atoms with Crippen LogP contribution < -0.4 is 15.5 Å². The van der Waals surface area contributed by atoms with Crippen molar-refractivity contribution < 1.29 is 4.39 Å². The molecule has 0 amide bonds. The van der Waals surface area contributed by atoms with E-state index in [0.29, 0.717) is 16.5 Å². The van der Waals surface area contributed by atoms with Gasteiger partial charge in [-0.2, -0.15) is 0 Å². The first-order valence-electron chi connectivity index (χ1n) is 6.81. The predicted molar refractivity (Wildman–Crippen MR) is 84.5 cm³/mol. The average Bonchev–Trinajstić information content (AvgIpc) is 2.47. The molecule has 1 aromatic carbocycles. The van der Waals surface area contributed by atoms with Crippen LogP contribution in [0.15, 0.2) is 36.4 Å². The zero-order valence-electron chi connectivity index (χ0n) is 11.5. The monoisotopic (exact) mass is 306 g/mol. The van der Waals surface area contributed by atoms with Gasteiger partial charge in [0.25, 0.3) is 0 Å². The lowest BCUT2D eigenvalue weighted by atomic mass is 10.2. The van der Waals surface area contributed by atoms with Crippen molar-refractivity contribution >= 4 is 28.8 Å². The summed E-state index contributed by atoms with van der Waals surface area (Å²) in [5, 5.41) is 0.390. The Balaban J connectivity index is 1.72. The molecule has 1 saturated heterocycles. The summed E-state index contributed by atoms with van der Waals surface area (Å²) in [6.07, 6.45) is 0. The number of anilines is 3. The molecule has 3 rings (SSSR count). The van der Waals surface area contributed by atoms with Crippen molar-refractivity contribution in [1.82, 2.24) is 4.98 Å². The first-order valence-corrected chi connectivity index (χ1v) is 7.19. The minimum absolute atomic E-state index is 0.184. The lowest BCUT2D eigenvalue weighted by molar-refractivity contribution is 0.596. The molecular formula is C15H16ClFN4. The van der Waals surface area contributed by atoms with Gasteiger partial charge in [-0.1, -0.05) is 23.7 Å². The second kappa shape index (κ2) is 5.77. The van der Waals surface area contributed by atoms with Crippen LogP contribution in [0.25, 0.3) is 0 Å². The fourth-order valence-corrected chi connectivity index (χ4v) is 2.76. The molecule has 0 atom stereocenters. The third-order valence-corrected chi connectivity index (χ3v) is 3.79. The Morgan fingerprint density at radius 2 is 1.71 bits per heavy atom. The van der Waals surface area contributed by atoms with Crippen molar-refractivity contribution in [3.63, 3.8) is 0 Å². The van der Waals surface area contributed by atoms with E-state index in [-0.39, 0.29) is 5.82 Å². The fourth-order valence-electron chi connectivity index (χ4n) is 2.55. The lowest BCUT2D eigenvalue weighted by Crippen LogP contribution is -2.47. The van der Waals surface area contributed by atoms with Gasteiger partial charge >= 0.3 is 0 Å². The number of pyridine rings is 1. The van der Waals surface area contributed by atoms with E-state index in [2.05, 4.69) is 9.88 Å². The van der Waals surface area contributed by atoms with Crippen LogP contribution in [0.4, 0.5) is 21.6 Å². The topological polar surface area (TPSA) is 45.4 Å². The third kappa shape index (κ3) is 3.03. The highest BCUT2D eigenvalue weighted by atomic mass is 35.5. The predicted octanol–water partition coefficient (Wildman–Crippen LogP) is 2.78. The summed E-state index contributed by atoms with van der Waals surface area (Å²) >= 11 is 5.94. The van der Waals surface area contributed by atoms with Crippen LogP contribution in [0, 0.1) is 5.82 Å².